The first-order chi connectivity index (χ1) is 7.54. The van der Waals surface area contributed by atoms with Crippen molar-refractivity contribution in [3.05, 3.63) is 27.7 Å². The molecular weight excluding hydrogens is 255 g/mol. The van der Waals surface area contributed by atoms with E-state index >= 15 is 0 Å². The molecule has 7 heteroatoms. The lowest BCUT2D eigenvalue weighted by atomic mass is 10.2. The van der Waals surface area contributed by atoms with Crippen molar-refractivity contribution in [2.75, 3.05) is 6.61 Å². The number of esters is 1. The molecule has 16 heavy (non-hydrogen) atoms. The number of aliphatic hydroxyl groups excluding tert-OH is 1. The minimum atomic E-state index is -0.841. The zero-order valence-corrected chi connectivity index (χ0v) is 9.79. The van der Waals surface area contributed by atoms with Crippen molar-refractivity contribution in [3.63, 3.8) is 0 Å². The maximum absolute atomic E-state index is 11.1. The molecule has 0 aliphatic heterocycles. The summed E-state index contributed by atoms with van der Waals surface area (Å²) in [6, 6.07) is 1.37. The van der Waals surface area contributed by atoms with E-state index < -0.39 is 11.7 Å². The second-order valence-electron chi connectivity index (χ2n) is 2.66. The molecule has 0 atom stereocenters. The van der Waals surface area contributed by atoms with Crippen LogP contribution in [0.5, 0.6) is 0 Å². The molecule has 0 radical (unpaired) electrons. The van der Waals surface area contributed by atoms with Gasteiger partial charge in [-0.2, -0.15) is 0 Å². The van der Waals surface area contributed by atoms with Crippen LogP contribution in [0.3, 0.4) is 0 Å². The summed E-state index contributed by atoms with van der Waals surface area (Å²) in [5, 5.41) is 16.5. The predicted octanol–water partition coefficient (Wildman–Crippen LogP) is 2.25. The Hall–Kier alpha value is -1.33. The summed E-state index contributed by atoms with van der Waals surface area (Å²) in [5.41, 5.74) is 0.284. The summed E-state index contributed by atoms with van der Waals surface area (Å²) in [4.78, 5) is 11.1. The molecule has 0 saturated carbocycles. The van der Waals surface area contributed by atoms with Gasteiger partial charge in [-0.15, -0.1) is 10.2 Å². The quantitative estimate of drug-likeness (QED) is 0.514. The van der Waals surface area contributed by atoms with Gasteiger partial charge in [-0.1, -0.05) is 23.2 Å². The van der Waals surface area contributed by atoms with Gasteiger partial charge in [0, 0.05) is 5.56 Å². The second-order valence-corrected chi connectivity index (χ2v) is 3.41. The Morgan fingerprint density at radius 3 is 2.88 bits per heavy atom. The maximum Gasteiger partial charge on any atom is 0.373 e. The summed E-state index contributed by atoms with van der Waals surface area (Å²) >= 11 is 11.3. The zero-order valence-electron chi connectivity index (χ0n) is 8.28. The number of nitrogens with zero attached hydrogens (tertiary/aromatic N) is 2. The van der Waals surface area contributed by atoms with Crippen LogP contribution in [0, 0.1) is 0 Å². The Morgan fingerprint density at radius 2 is 2.25 bits per heavy atom. The van der Waals surface area contributed by atoms with Gasteiger partial charge in [0.2, 0.25) is 5.76 Å². The molecule has 5 nitrogen and oxygen atoms in total. The molecule has 0 unspecified atom stereocenters. The minimum Gasteiger partial charge on any atom is -0.502 e. The summed E-state index contributed by atoms with van der Waals surface area (Å²) in [6.07, 6.45) is 1.11. The van der Waals surface area contributed by atoms with Crippen molar-refractivity contribution in [1.29, 1.82) is 0 Å². The van der Waals surface area contributed by atoms with Gasteiger partial charge in [-0.25, -0.2) is 4.79 Å². The smallest absolute Gasteiger partial charge is 0.373 e. The van der Waals surface area contributed by atoms with Crippen LogP contribution < -0.4 is 0 Å². The van der Waals surface area contributed by atoms with Gasteiger partial charge in [-0.3, -0.25) is 0 Å². The van der Waals surface area contributed by atoms with Gasteiger partial charge in [-0.05, 0) is 19.1 Å². The SMILES string of the molecule is CCOC(=O)/C(O)=C/c1cc(Cl)nnc1Cl. The zero-order chi connectivity index (χ0) is 12.1. The molecule has 1 N–H and O–H groups in total. The molecule has 0 fully saturated rings. The molecule has 0 bridgehead atoms. The Bertz CT molecular complexity index is 435. The third-order valence-electron chi connectivity index (χ3n) is 1.52. The van der Waals surface area contributed by atoms with E-state index in [0.717, 1.165) is 6.08 Å². The van der Waals surface area contributed by atoms with E-state index in [2.05, 4.69) is 14.9 Å². The predicted molar refractivity (Wildman–Crippen MR) is 59.3 cm³/mol. The van der Waals surface area contributed by atoms with Crippen LogP contribution in [-0.2, 0) is 9.53 Å². The lowest BCUT2D eigenvalue weighted by molar-refractivity contribution is -0.141. The third kappa shape index (κ3) is 3.36. The monoisotopic (exact) mass is 262 g/mol. The van der Waals surface area contributed by atoms with Crippen LogP contribution in [0.15, 0.2) is 11.8 Å². The van der Waals surface area contributed by atoms with Gasteiger partial charge in [0.15, 0.2) is 10.3 Å². The molecule has 0 aliphatic rings. The lowest BCUT2D eigenvalue weighted by Gasteiger charge is -2.01. The highest BCUT2D eigenvalue weighted by Gasteiger charge is 2.10. The van der Waals surface area contributed by atoms with Crippen LogP contribution in [0.25, 0.3) is 6.08 Å². The summed E-state index contributed by atoms with van der Waals surface area (Å²) in [5.74, 6) is -1.42. The largest absolute Gasteiger partial charge is 0.502 e. The van der Waals surface area contributed by atoms with Crippen LogP contribution in [0.1, 0.15) is 12.5 Å². The fourth-order valence-electron chi connectivity index (χ4n) is 0.879. The molecule has 1 aromatic heterocycles. The van der Waals surface area contributed by atoms with E-state index in [9.17, 15) is 9.90 Å². The Morgan fingerprint density at radius 1 is 1.56 bits per heavy atom. The van der Waals surface area contributed by atoms with Crippen molar-refractivity contribution in [2.45, 2.75) is 6.92 Å². The van der Waals surface area contributed by atoms with Crippen molar-refractivity contribution in [3.8, 4) is 0 Å². The number of halogens is 2. The highest BCUT2D eigenvalue weighted by atomic mass is 35.5. The fraction of sp³-hybridized carbons (Fsp3) is 0.222. The topological polar surface area (TPSA) is 72.3 Å². The van der Waals surface area contributed by atoms with E-state index in [1.165, 1.54) is 6.07 Å². The van der Waals surface area contributed by atoms with Crippen molar-refractivity contribution in [1.82, 2.24) is 10.2 Å². The van der Waals surface area contributed by atoms with E-state index in [0.29, 0.717) is 0 Å². The van der Waals surface area contributed by atoms with Crippen LogP contribution in [0.4, 0.5) is 0 Å². The molecule has 0 aliphatic carbocycles. The lowest BCUT2D eigenvalue weighted by Crippen LogP contribution is -2.06. The van der Waals surface area contributed by atoms with Crippen LogP contribution in [-0.4, -0.2) is 27.9 Å². The van der Waals surface area contributed by atoms with Gasteiger partial charge in [0.25, 0.3) is 0 Å². The average molecular weight is 263 g/mol. The number of hydrogen-bond acceptors (Lipinski definition) is 5. The number of rotatable bonds is 3. The van der Waals surface area contributed by atoms with Gasteiger partial charge in [0.05, 0.1) is 6.61 Å². The highest BCUT2D eigenvalue weighted by Crippen LogP contribution is 2.18. The summed E-state index contributed by atoms with van der Waals surface area (Å²) in [7, 11) is 0. The molecular formula is C9H8Cl2N2O3. The molecule has 0 aromatic carbocycles. The molecule has 1 rings (SSSR count). The van der Waals surface area contributed by atoms with E-state index in [1.807, 2.05) is 0 Å². The maximum atomic E-state index is 11.1. The Balaban J connectivity index is 2.97. The van der Waals surface area contributed by atoms with E-state index in [4.69, 9.17) is 23.2 Å². The minimum absolute atomic E-state index is 0.0280. The first-order valence-electron chi connectivity index (χ1n) is 4.31. The highest BCUT2D eigenvalue weighted by molar-refractivity contribution is 6.32. The van der Waals surface area contributed by atoms with Crippen molar-refractivity contribution in [2.24, 2.45) is 0 Å². The Kier molecular flexibility index (Phi) is 4.52. The Labute approximate surface area is 102 Å². The molecule has 0 spiro atoms. The molecule has 86 valence electrons. The molecule has 0 amide bonds. The van der Waals surface area contributed by atoms with Gasteiger partial charge >= 0.3 is 5.97 Å². The fourth-order valence-corrected chi connectivity index (χ4v) is 1.18. The number of aromatic nitrogens is 2. The number of carbonyl (C=O) groups is 1. The molecule has 1 aromatic rings. The van der Waals surface area contributed by atoms with Crippen LogP contribution >= 0.6 is 23.2 Å². The number of ether oxygens (including phenoxy) is 1. The standard InChI is InChI=1S/C9H8Cl2N2O3/c1-2-16-9(15)6(14)3-5-4-7(10)12-13-8(5)11/h3-4,14H,2H2,1H3/b6-3-. The third-order valence-corrected chi connectivity index (χ3v) is 2.00. The van der Waals surface area contributed by atoms with Crippen LogP contribution in [0.2, 0.25) is 10.3 Å². The molecule has 0 saturated heterocycles. The normalized spacial score (nSPS) is 11.3. The number of carbonyl (C=O) groups excluding carboxylic acids is 1. The first kappa shape index (κ1) is 12.7. The van der Waals surface area contributed by atoms with Gasteiger partial charge < -0.3 is 9.84 Å². The van der Waals surface area contributed by atoms with E-state index in [1.54, 1.807) is 6.92 Å². The average Bonchev–Trinajstić information content (AvgIpc) is 2.23. The van der Waals surface area contributed by atoms with Crippen molar-refractivity contribution < 1.29 is 14.6 Å². The second kappa shape index (κ2) is 5.67. The molecule has 1 heterocycles. The first-order valence-corrected chi connectivity index (χ1v) is 5.06. The van der Waals surface area contributed by atoms with E-state index in [-0.39, 0.29) is 22.5 Å². The van der Waals surface area contributed by atoms with Gasteiger partial charge in [0.1, 0.15) is 0 Å². The summed E-state index contributed by atoms with van der Waals surface area (Å²) in [6.45, 7) is 1.79. The number of aliphatic hydroxyl groups is 1. The summed E-state index contributed by atoms with van der Waals surface area (Å²) < 4.78 is 4.58. The van der Waals surface area contributed by atoms with Crippen molar-refractivity contribution >= 4 is 35.2 Å². The number of hydrogen-bond donors (Lipinski definition) is 1.